The summed E-state index contributed by atoms with van der Waals surface area (Å²) >= 11 is 0. The molecular formula is C17H21FN6. The van der Waals surface area contributed by atoms with Crippen LogP contribution in [0, 0.1) is 12.7 Å². The average Bonchev–Trinajstić information content (AvgIpc) is 2.97. The number of nitrogens with zero attached hydrogens (tertiary/aromatic N) is 5. The number of aromatic nitrogens is 4. The topological polar surface area (TPSA) is 64.9 Å². The summed E-state index contributed by atoms with van der Waals surface area (Å²) in [5.74, 6) is 0.398. The Morgan fingerprint density at radius 1 is 1.29 bits per heavy atom. The largest absolute Gasteiger partial charge is 0.326 e. The third-order valence-corrected chi connectivity index (χ3v) is 4.87. The zero-order valence-corrected chi connectivity index (χ0v) is 14.0. The van der Waals surface area contributed by atoms with Crippen LogP contribution >= 0.6 is 0 Å². The van der Waals surface area contributed by atoms with Crippen molar-refractivity contribution in [3.63, 3.8) is 0 Å². The van der Waals surface area contributed by atoms with Crippen molar-refractivity contribution in [3.05, 3.63) is 35.3 Å². The Balaban J connectivity index is 1.87. The Kier molecular flexibility index (Phi) is 3.62. The van der Waals surface area contributed by atoms with E-state index in [2.05, 4.69) is 21.5 Å². The van der Waals surface area contributed by atoms with E-state index in [4.69, 9.17) is 10.8 Å². The molecule has 0 amide bonds. The summed E-state index contributed by atoms with van der Waals surface area (Å²) in [5.41, 5.74) is 10.1. The van der Waals surface area contributed by atoms with Crippen molar-refractivity contribution >= 4 is 11.0 Å². The third-order valence-electron chi connectivity index (χ3n) is 4.87. The van der Waals surface area contributed by atoms with Crippen molar-refractivity contribution in [2.75, 3.05) is 13.2 Å². The summed E-state index contributed by atoms with van der Waals surface area (Å²) in [5, 5.41) is 4.78. The molecule has 3 aromatic rings. The van der Waals surface area contributed by atoms with Gasteiger partial charge in [0.15, 0.2) is 11.6 Å². The summed E-state index contributed by atoms with van der Waals surface area (Å²) in [7, 11) is 1.90. The molecule has 0 saturated heterocycles. The summed E-state index contributed by atoms with van der Waals surface area (Å²) in [6.45, 7) is 5.23. The number of hydrogen-bond donors (Lipinski definition) is 1. The maximum atomic E-state index is 14.1. The molecule has 0 unspecified atom stereocenters. The highest BCUT2D eigenvalue weighted by atomic mass is 19.1. The lowest BCUT2D eigenvalue weighted by atomic mass is 10.2. The molecule has 1 aromatic carbocycles. The first-order valence-corrected chi connectivity index (χ1v) is 8.20. The monoisotopic (exact) mass is 328 g/mol. The Bertz CT molecular complexity index is 910. The van der Waals surface area contributed by atoms with E-state index in [1.165, 1.54) is 11.8 Å². The van der Waals surface area contributed by atoms with Gasteiger partial charge in [-0.05, 0) is 25.5 Å². The Morgan fingerprint density at radius 2 is 2.12 bits per heavy atom. The van der Waals surface area contributed by atoms with Crippen molar-refractivity contribution in [1.29, 1.82) is 0 Å². The van der Waals surface area contributed by atoms with E-state index in [1.54, 1.807) is 6.07 Å². The summed E-state index contributed by atoms with van der Waals surface area (Å²) in [4.78, 5) is 6.74. The minimum Gasteiger partial charge on any atom is -0.326 e. The average molecular weight is 328 g/mol. The number of para-hydroxylation sites is 1. The summed E-state index contributed by atoms with van der Waals surface area (Å²) in [6, 6.07) is 5.02. The van der Waals surface area contributed by atoms with Crippen molar-refractivity contribution < 1.29 is 4.39 Å². The van der Waals surface area contributed by atoms with Crippen molar-refractivity contribution in [2.24, 2.45) is 12.8 Å². The van der Waals surface area contributed by atoms with Gasteiger partial charge in [0.25, 0.3) is 0 Å². The van der Waals surface area contributed by atoms with Gasteiger partial charge in [-0.2, -0.15) is 5.10 Å². The number of benzene rings is 1. The molecule has 0 fully saturated rings. The van der Waals surface area contributed by atoms with E-state index in [1.807, 2.05) is 17.7 Å². The van der Waals surface area contributed by atoms with Crippen LogP contribution in [0.3, 0.4) is 0 Å². The number of aryl methyl sites for hydroxylation is 2. The molecule has 3 heterocycles. The van der Waals surface area contributed by atoms with Gasteiger partial charge >= 0.3 is 0 Å². The quantitative estimate of drug-likeness (QED) is 0.781. The fourth-order valence-corrected chi connectivity index (χ4v) is 3.47. The van der Waals surface area contributed by atoms with Crippen LogP contribution in [0.5, 0.6) is 0 Å². The summed E-state index contributed by atoms with van der Waals surface area (Å²) < 4.78 is 18.0. The van der Waals surface area contributed by atoms with Gasteiger partial charge in [-0.1, -0.05) is 6.07 Å². The summed E-state index contributed by atoms with van der Waals surface area (Å²) in [6.07, 6.45) is 1.02. The normalized spacial score (nSPS) is 15.7. The maximum absolute atomic E-state index is 14.1. The van der Waals surface area contributed by atoms with Gasteiger partial charge in [-0.15, -0.1) is 0 Å². The molecule has 6 nitrogen and oxygen atoms in total. The van der Waals surface area contributed by atoms with Crippen LogP contribution in [0.2, 0.25) is 0 Å². The lowest BCUT2D eigenvalue weighted by Gasteiger charge is -2.16. The maximum Gasteiger partial charge on any atom is 0.161 e. The Morgan fingerprint density at radius 3 is 2.88 bits per heavy atom. The molecule has 7 heteroatoms. The standard InChI is InChI=1S/C17H21FN6/c1-11-14-9-23(10-19)7-4-8-24(14)21-15(11)17-20-16-12(18)5-3-6-13(16)22(17)2/h3,5-6H,4,7-10,19H2,1-2H3. The van der Waals surface area contributed by atoms with Gasteiger partial charge in [0.2, 0.25) is 0 Å². The lowest BCUT2D eigenvalue weighted by molar-refractivity contribution is 0.277. The molecule has 1 aliphatic rings. The molecule has 2 N–H and O–H groups in total. The number of nitrogens with two attached hydrogens (primary N) is 1. The molecule has 0 aliphatic carbocycles. The highest BCUT2D eigenvalue weighted by Crippen LogP contribution is 2.29. The first kappa shape index (κ1) is 15.3. The highest BCUT2D eigenvalue weighted by Gasteiger charge is 2.23. The molecule has 1 aliphatic heterocycles. The van der Waals surface area contributed by atoms with E-state index in [9.17, 15) is 4.39 Å². The molecule has 0 bridgehead atoms. The van der Waals surface area contributed by atoms with E-state index >= 15 is 0 Å². The van der Waals surface area contributed by atoms with E-state index in [-0.39, 0.29) is 5.82 Å². The minimum absolute atomic E-state index is 0.304. The second-order valence-electron chi connectivity index (χ2n) is 6.33. The first-order chi connectivity index (χ1) is 11.6. The predicted molar refractivity (Wildman–Crippen MR) is 90.7 cm³/mol. The number of rotatable bonds is 2. The molecule has 0 atom stereocenters. The predicted octanol–water partition coefficient (Wildman–Crippen LogP) is 2.01. The third kappa shape index (κ3) is 2.23. The number of hydrogen-bond acceptors (Lipinski definition) is 4. The zero-order chi connectivity index (χ0) is 16.8. The first-order valence-electron chi connectivity index (χ1n) is 8.20. The van der Waals surface area contributed by atoms with Gasteiger partial charge in [-0.3, -0.25) is 9.58 Å². The van der Waals surface area contributed by atoms with Gasteiger partial charge < -0.3 is 10.3 Å². The molecule has 0 spiro atoms. The van der Waals surface area contributed by atoms with Gasteiger partial charge in [0.05, 0.1) is 11.2 Å². The molecular weight excluding hydrogens is 307 g/mol. The van der Waals surface area contributed by atoms with E-state index < -0.39 is 0 Å². The number of imidazole rings is 1. The molecule has 0 radical (unpaired) electrons. The molecule has 24 heavy (non-hydrogen) atoms. The van der Waals surface area contributed by atoms with Crippen LogP contribution in [0.4, 0.5) is 4.39 Å². The number of halogens is 1. The van der Waals surface area contributed by atoms with Crippen LogP contribution in [0.1, 0.15) is 17.7 Å². The zero-order valence-electron chi connectivity index (χ0n) is 14.0. The Hall–Kier alpha value is -2.25. The fourth-order valence-electron chi connectivity index (χ4n) is 3.47. The van der Waals surface area contributed by atoms with Crippen LogP contribution in [0.15, 0.2) is 18.2 Å². The minimum atomic E-state index is -0.304. The lowest BCUT2D eigenvalue weighted by Crippen LogP contribution is -2.29. The SMILES string of the molecule is Cc1c(-c2nc3c(F)cccc3n2C)nn2c1CN(CN)CCC2. The molecule has 126 valence electrons. The second-order valence-corrected chi connectivity index (χ2v) is 6.33. The number of fused-ring (bicyclic) bond motifs is 2. The van der Waals surface area contributed by atoms with E-state index in [0.29, 0.717) is 18.0 Å². The van der Waals surface area contributed by atoms with Crippen molar-refractivity contribution in [1.82, 2.24) is 24.2 Å². The van der Waals surface area contributed by atoms with Crippen LogP contribution in [-0.4, -0.2) is 37.4 Å². The second kappa shape index (κ2) is 5.68. The highest BCUT2D eigenvalue weighted by molar-refractivity contribution is 5.81. The Labute approximate surface area is 139 Å². The van der Waals surface area contributed by atoms with Gasteiger partial charge in [-0.25, -0.2) is 9.37 Å². The van der Waals surface area contributed by atoms with Crippen LogP contribution in [0.25, 0.3) is 22.6 Å². The van der Waals surface area contributed by atoms with Gasteiger partial charge in [0.1, 0.15) is 11.2 Å². The smallest absolute Gasteiger partial charge is 0.161 e. The van der Waals surface area contributed by atoms with Crippen LogP contribution in [-0.2, 0) is 20.1 Å². The van der Waals surface area contributed by atoms with Crippen molar-refractivity contribution in [3.8, 4) is 11.5 Å². The van der Waals surface area contributed by atoms with E-state index in [0.717, 1.165) is 42.8 Å². The molecule has 4 rings (SSSR count). The van der Waals surface area contributed by atoms with Crippen molar-refractivity contribution in [2.45, 2.75) is 26.4 Å². The fraction of sp³-hybridized carbons (Fsp3) is 0.412. The van der Waals surface area contributed by atoms with Crippen LogP contribution < -0.4 is 5.73 Å². The molecule has 0 saturated carbocycles. The van der Waals surface area contributed by atoms with Gasteiger partial charge in [0, 0.05) is 38.9 Å². The molecule has 2 aromatic heterocycles.